The monoisotopic (exact) mass is 385 g/mol. The number of phenols is 1. The molecule has 0 unspecified atom stereocenters. The Hall–Kier alpha value is -2.45. The number of carbonyl (C=O) groups excluding carboxylic acids is 1. The number of para-hydroxylation sites is 1. The van der Waals surface area contributed by atoms with Crippen molar-refractivity contribution in [2.24, 2.45) is 0 Å². The van der Waals surface area contributed by atoms with E-state index in [2.05, 4.69) is 0 Å². The van der Waals surface area contributed by atoms with Crippen LogP contribution in [0.15, 0.2) is 48.5 Å². The van der Waals surface area contributed by atoms with Gasteiger partial charge in [0.25, 0.3) is 0 Å². The third kappa shape index (κ3) is 6.05. The predicted molar refractivity (Wildman–Crippen MR) is 77.7 cm³/mol. The number of nitro benzene ring substituents is 1. The van der Waals surface area contributed by atoms with Crippen LogP contribution in [-0.4, -0.2) is 42.6 Å². The average Bonchev–Trinajstić information content (AvgIpc) is 2.45. The third-order valence-corrected chi connectivity index (χ3v) is 2.48. The molecule has 0 aliphatic heterocycles. The first-order chi connectivity index (χ1) is 10.6. The molecule has 0 saturated carbocycles. The van der Waals surface area contributed by atoms with E-state index in [0.29, 0.717) is 5.56 Å². The van der Waals surface area contributed by atoms with Crippen molar-refractivity contribution < 1.29 is 30.9 Å². The molecule has 0 aliphatic rings. The van der Waals surface area contributed by atoms with Gasteiger partial charge in [0, 0.05) is 5.56 Å². The van der Waals surface area contributed by atoms with Crippen molar-refractivity contribution in [1.82, 2.24) is 0 Å². The zero-order valence-electron chi connectivity index (χ0n) is 11.4. The minimum absolute atomic E-state index is 0.119. The van der Waals surface area contributed by atoms with Crippen molar-refractivity contribution in [3.63, 3.8) is 0 Å². The number of aromatic hydroxyl groups is 1. The number of hydrogen-bond donors (Lipinski definition) is 4. The van der Waals surface area contributed by atoms with E-state index in [-0.39, 0.29) is 5.56 Å². The molecule has 2 aromatic rings. The van der Waals surface area contributed by atoms with Gasteiger partial charge in [-0.25, -0.2) is 0 Å². The average molecular weight is 385 g/mol. The number of hydrogen-bond acceptors (Lipinski definition) is 5. The summed E-state index contributed by atoms with van der Waals surface area (Å²) in [7, 11) is 0. The van der Waals surface area contributed by atoms with Gasteiger partial charge < -0.3 is 5.11 Å². The van der Waals surface area contributed by atoms with E-state index >= 15 is 0 Å². The van der Waals surface area contributed by atoms with Crippen LogP contribution in [0.1, 0.15) is 15.9 Å². The molecule has 0 radical (unpaired) electrons. The Morgan fingerprint density at radius 2 is 1.52 bits per heavy atom. The molecule has 0 bridgehead atoms. The summed E-state index contributed by atoms with van der Waals surface area (Å²) in [5.74, 6) is -1.00. The normalized spacial score (nSPS) is 10.4. The molecule has 122 valence electrons. The van der Waals surface area contributed by atoms with Gasteiger partial charge in [0.05, 0.1) is 4.92 Å². The fourth-order valence-electron chi connectivity index (χ4n) is 1.65. The molecule has 9 nitrogen and oxygen atoms in total. The molecule has 0 saturated heterocycles. The van der Waals surface area contributed by atoms with Crippen molar-refractivity contribution in [3.05, 3.63) is 69.8 Å². The summed E-state index contributed by atoms with van der Waals surface area (Å²) in [5, 5.41) is 20.3. The zero-order chi connectivity index (χ0) is 17.6. The van der Waals surface area contributed by atoms with Crippen molar-refractivity contribution in [2.75, 3.05) is 0 Å². The Bertz CT molecular complexity index is 748. The molecule has 0 amide bonds. The molecule has 2 rings (SSSR count). The fourth-order valence-corrected chi connectivity index (χ4v) is 1.65. The van der Waals surface area contributed by atoms with E-state index in [4.69, 9.17) is 16.0 Å². The van der Waals surface area contributed by atoms with Gasteiger partial charge in [-0.1, -0.05) is 36.4 Å². The van der Waals surface area contributed by atoms with E-state index in [9.17, 15) is 20.0 Å². The summed E-state index contributed by atoms with van der Waals surface area (Å²) in [5.41, 5.74) is -0.344. The molecule has 0 aliphatic carbocycles. The summed E-state index contributed by atoms with van der Waals surface area (Å²) in [4.78, 5) is 22.2. The number of benzene rings is 2. The SMILES string of the molecule is O=C(c1ccccc1)c1cccc(O)c1[N+](=O)[O-].O=[As](O)(O)O. The van der Waals surface area contributed by atoms with Crippen LogP contribution in [-0.2, 0) is 3.74 Å². The van der Waals surface area contributed by atoms with Gasteiger partial charge in [-0.3, -0.25) is 14.9 Å². The predicted octanol–water partition coefficient (Wildman–Crippen LogP) is 0.361. The number of phenolic OH excluding ortho intramolecular Hbond substituents is 1. The van der Waals surface area contributed by atoms with Crippen molar-refractivity contribution in [1.29, 1.82) is 0 Å². The van der Waals surface area contributed by atoms with Crippen LogP contribution < -0.4 is 0 Å². The Balaban J connectivity index is 0.000000463. The van der Waals surface area contributed by atoms with E-state index in [1.54, 1.807) is 30.3 Å². The van der Waals surface area contributed by atoms with Gasteiger partial charge in [0.2, 0.25) is 0 Å². The van der Waals surface area contributed by atoms with Crippen LogP contribution in [0, 0.1) is 10.1 Å². The Morgan fingerprint density at radius 3 is 2.00 bits per heavy atom. The number of rotatable bonds is 3. The molecule has 0 heterocycles. The first kappa shape index (κ1) is 18.6. The number of nitro groups is 1. The maximum absolute atomic E-state index is 12.1. The van der Waals surface area contributed by atoms with Crippen LogP contribution in [0.2, 0.25) is 0 Å². The topological polar surface area (TPSA) is 158 Å². The van der Waals surface area contributed by atoms with Gasteiger partial charge in [-0.15, -0.1) is 0 Å². The first-order valence-corrected chi connectivity index (χ1v) is 9.24. The van der Waals surface area contributed by atoms with Crippen molar-refractivity contribution in [2.45, 2.75) is 0 Å². The van der Waals surface area contributed by atoms with Crippen molar-refractivity contribution in [3.8, 4) is 5.75 Å². The van der Waals surface area contributed by atoms with E-state index < -0.39 is 36.7 Å². The minimum atomic E-state index is -5.12. The quantitative estimate of drug-likeness (QED) is 0.255. The second-order valence-corrected chi connectivity index (χ2v) is 6.29. The van der Waals surface area contributed by atoms with Gasteiger partial charge in [0.1, 0.15) is 5.56 Å². The molecule has 23 heavy (non-hydrogen) atoms. The van der Waals surface area contributed by atoms with Gasteiger partial charge in [0.15, 0.2) is 11.5 Å². The standard InChI is InChI=1S/C13H9NO4.AsH3O4/c15-11-8-4-7-10(12(11)14(17)18)13(16)9-5-2-1-3-6-9;2-1(3,4)5/h1-8,15H;(H3,2,3,4,5). The summed E-state index contributed by atoms with van der Waals surface area (Å²) >= 11 is -5.12. The molecule has 0 atom stereocenters. The summed E-state index contributed by atoms with van der Waals surface area (Å²) in [6.45, 7) is 0. The number of carbonyl (C=O) groups is 1. The molecule has 4 N–H and O–H groups in total. The van der Waals surface area contributed by atoms with Crippen LogP contribution in [0.4, 0.5) is 5.69 Å². The van der Waals surface area contributed by atoms with Crippen LogP contribution in [0.25, 0.3) is 0 Å². The van der Waals surface area contributed by atoms with Crippen LogP contribution in [0.5, 0.6) is 5.75 Å². The summed E-state index contributed by atoms with van der Waals surface area (Å²) in [6.07, 6.45) is 0. The van der Waals surface area contributed by atoms with E-state index in [1.165, 1.54) is 18.2 Å². The molecule has 0 aromatic heterocycles. The van der Waals surface area contributed by atoms with E-state index in [1.807, 2.05) is 0 Å². The van der Waals surface area contributed by atoms with Crippen LogP contribution in [0.3, 0.4) is 0 Å². The molecule has 10 heteroatoms. The van der Waals surface area contributed by atoms with Gasteiger partial charge in [-0.05, 0) is 12.1 Å². The molecular formula is C13H12AsNO8. The Kier molecular flexibility index (Phi) is 6.23. The molecule has 2 aromatic carbocycles. The first-order valence-electron chi connectivity index (χ1n) is 5.95. The second kappa shape index (κ2) is 7.70. The summed E-state index contributed by atoms with van der Waals surface area (Å²) < 4.78 is 30.7. The molecule has 0 fully saturated rings. The van der Waals surface area contributed by atoms with Gasteiger partial charge in [-0.2, -0.15) is 0 Å². The summed E-state index contributed by atoms with van der Waals surface area (Å²) in [6, 6.07) is 12.1. The number of nitrogens with zero attached hydrogens (tertiary/aromatic N) is 1. The fraction of sp³-hybridized carbons (Fsp3) is 0. The van der Waals surface area contributed by atoms with Crippen LogP contribution >= 0.6 is 0 Å². The number of ketones is 1. The molecule has 0 spiro atoms. The van der Waals surface area contributed by atoms with E-state index in [0.717, 1.165) is 0 Å². The zero-order valence-corrected chi connectivity index (χ0v) is 13.3. The third-order valence-electron chi connectivity index (χ3n) is 2.48. The van der Waals surface area contributed by atoms with Gasteiger partial charge >= 0.3 is 36.2 Å². The Labute approximate surface area is 133 Å². The Morgan fingerprint density at radius 1 is 1.00 bits per heavy atom. The second-order valence-electron chi connectivity index (χ2n) is 4.14. The van der Waals surface area contributed by atoms with Crippen molar-refractivity contribution >= 4 is 26.0 Å². The molecular weight excluding hydrogens is 373 g/mol. The maximum atomic E-state index is 12.1.